The van der Waals surface area contributed by atoms with Crippen molar-refractivity contribution >= 4 is 45.2 Å². The van der Waals surface area contributed by atoms with Crippen molar-refractivity contribution in [3.63, 3.8) is 0 Å². The van der Waals surface area contributed by atoms with E-state index in [1.807, 2.05) is 29.3 Å². The second-order valence-electron chi connectivity index (χ2n) is 9.28. The summed E-state index contributed by atoms with van der Waals surface area (Å²) >= 11 is 1.59. The minimum Gasteiger partial charge on any atom is -0.507 e. The number of aromatic hydroxyl groups is 1. The molecule has 36 heavy (non-hydrogen) atoms. The highest BCUT2D eigenvalue weighted by Gasteiger charge is 2.27. The Balaban J connectivity index is 1.48. The number of anilines is 1. The van der Waals surface area contributed by atoms with Crippen LogP contribution < -0.4 is 9.75 Å². The van der Waals surface area contributed by atoms with Crippen LogP contribution in [0.15, 0.2) is 47.6 Å². The molecule has 1 aliphatic rings. The maximum absolute atomic E-state index is 12.6. The molecule has 0 unspecified atom stereocenters. The largest absolute Gasteiger partial charge is 0.507 e. The van der Waals surface area contributed by atoms with E-state index in [0.29, 0.717) is 24.2 Å². The van der Waals surface area contributed by atoms with E-state index in [0.717, 1.165) is 60.3 Å². The zero-order valence-corrected chi connectivity index (χ0v) is 21.5. The average molecular weight is 508 g/mol. The van der Waals surface area contributed by atoms with Crippen molar-refractivity contribution in [1.29, 1.82) is 0 Å². The van der Waals surface area contributed by atoms with Gasteiger partial charge in [-0.25, -0.2) is 9.99 Å². The Morgan fingerprint density at radius 3 is 2.72 bits per heavy atom. The SMILES string of the molecule is CCCCCCN(/N=C/c1cc(OC(=O)[C@H]2CC[C@H](C=O)CC2)ccc1O)c1nc2ccccc2s1. The van der Waals surface area contributed by atoms with Crippen molar-refractivity contribution in [1.82, 2.24) is 4.98 Å². The summed E-state index contributed by atoms with van der Waals surface area (Å²) in [4.78, 5) is 28.4. The van der Waals surface area contributed by atoms with Gasteiger partial charge in [0, 0.05) is 18.0 Å². The highest BCUT2D eigenvalue weighted by Crippen LogP contribution is 2.31. The van der Waals surface area contributed by atoms with Gasteiger partial charge in [0.15, 0.2) is 0 Å². The number of hydrogen-bond donors (Lipinski definition) is 1. The molecule has 0 amide bonds. The van der Waals surface area contributed by atoms with Crippen molar-refractivity contribution < 1.29 is 19.4 Å². The number of hydrogen-bond acceptors (Lipinski definition) is 8. The fourth-order valence-electron chi connectivity index (χ4n) is 4.38. The summed E-state index contributed by atoms with van der Waals surface area (Å²) in [5.74, 6) is -0.0258. The Morgan fingerprint density at radius 2 is 1.97 bits per heavy atom. The third-order valence-electron chi connectivity index (χ3n) is 6.58. The number of fused-ring (bicyclic) bond motifs is 1. The lowest BCUT2D eigenvalue weighted by atomic mass is 9.83. The molecule has 0 aliphatic heterocycles. The predicted molar refractivity (Wildman–Crippen MR) is 144 cm³/mol. The van der Waals surface area contributed by atoms with Crippen LogP contribution in [0.3, 0.4) is 0 Å². The van der Waals surface area contributed by atoms with Gasteiger partial charge in [0.05, 0.1) is 22.3 Å². The van der Waals surface area contributed by atoms with Gasteiger partial charge in [-0.2, -0.15) is 5.10 Å². The van der Waals surface area contributed by atoms with Crippen LogP contribution in [0.1, 0.15) is 63.9 Å². The van der Waals surface area contributed by atoms with Gasteiger partial charge >= 0.3 is 5.97 Å². The smallest absolute Gasteiger partial charge is 0.314 e. The van der Waals surface area contributed by atoms with Gasteiger partial charge < -0.3 is 14.6 Å². The zero-order valence-electron chi connectivity index (χ0n) is 20.6. The summed E-state index contributed by atoms with van der Waals surface area (Å²) in [5, 5.41) is 17.8. The Kier molecular flexibility index (Phi) is 9.06. The molecule has 8 heteroatoms. The Bertz CT molecular complexity index is 1170. The maximum atomic E-state index is 12.6. The quantitative estimate of drug-likeness (QED) is 0.0814. The molecule has 3 aromatic rings. The van der Waals surface area contributed by atoms with Crippen molar-refractivity contribution in [3.05, 3.63) is 48.0 Å². The lowest BCUT2D eigenvalue weighted by Crippen LogP contribution is -2.26. The molecule has 0 spiro atoms. The molecule has 1 fully saturated rings. The van der Waals surface area contributed by atoms with Crippen LogP contribution in [-0.4, -0.2) is 35.1 Å². The lowest BCUT2D eigenvalue weighted by Gasteiger charge is -2.23. The molecule has 1 aromatic heterocycles. The van der Waals surface area contributed by atoms with E-state index in [1.54, 1.807) is 29.7 Å². The number of aromatic nitrogens is 1. The van der Waals surface area contributed by atoms with Crippen molar-refractivity contribution in [2.45, 2.75) is 58.3 Å². The van der Waals surface area contributed by atoms with Gasteiger partial charge in [-0.15, -0.1) is 0 Å². The second-order valence-corrected chi connectivity index (χ2v) is 10.3. The van der Waals surface area contributed by atoms with E-state index in [1.165, 1.54) is 12.5 Å². The van der Waals surface area contributed by atoms with Crippen molar-refractivity contribution in [2.24, 2.45) is 16.9 Å². The first-order valence-electron chi connectivity index (χ1n) is 12.7. The highest BCUT2D eigenvalue weighted by atomic mass is 32.1. The van der Waals surface area contributed by atoms with Crippen LogP contribution in [0.5, 0.6) is 11.5 Å². The van der Waals surface area contributed by atoms with Gasteiger partial charge in [-0.05, 0) is 62.4 Å². The van der Waals surface area contributed by atoms with E-state index < -0.39 is 0 Å². The van der Waals surface area contributed by atoms with Crippen LogP contribution in [0, 0.1) is 11.8 Å². The third-order valence-corrected chi connectivity index (χ3v) is 7.63. The van der Waals surface area contributed by atoms with Gasteiger partial charge in [0.2, 0.25) is 5.13 Å². The summed E-state index contributed by atoms with van der Waals surface area (Å²) in [5.41, 5.74) is 1.40. The minimum atomic E-state index is -0.292. The molecule has 2 aromatic carbocycles. The molecule has 0 saturated heterocycles. The molecule has 1 saturated carbocycles. The van der Waals surface area contributed by atoms with Crippen LogP contribution in [0.2, 0.25) is 0 Å². The molecular formula is C28H33N3O4S. The van der Waals surface area contributed by atoms with Gasteiger partial charge in [-0.3, -0.25) is 4.79 Å². The minimum absolute atomic E-state index is 0.0471. The first-order chi connectivity index (χ1) is 17.6. The first kappa shape index (κ1) is 25.8. The molecule has 0 bridgehead atoms. The Hall–Kier alpha value is -3.26. The highest BCUT2D eigenvalue weighted by molar-refractivity contribution is 7.22. The number of thiazole rings is 1. The van der Waals surface area contributed by atoms with Crippen molar-refractivity contribution in [3.8, 4) is 11.5 Å². The molecule has 1 aliphatic carbocycles. The summed E-state index contributed by atoms with van der Waals surface area (Å²) in [6.07, 6.45) is 9.74. The van der Waals surface area contributed by atoms with E-state index in [-0.39, 0.29) is 23.6 Å². The summed E-state index contributed by atoms with van der Waals surface area (Å²) in [6.45, 7) is 2.90. The fourth-order valence-corrected chi connectivity index (χ4v) is 5.33. The summed E-state index contributed by atoms with van der Waals surface area (Å²) in [7, 11) is 0. The number of phenolic OH excluding ortho intramolecular Hbond substituents is 1. The number of para-hydroxylation sites is 1. The van der Waals surface area contributed by atoms with E-state index in [4.69, 9.17) is 9.72 Å². The standard InChI is InChI=1S/C28H33N3O4S/c1-2-3-4-7-16-31(28-30-24-8-5-6-9-26(24)36-28)29-18-22-17-23(14-15-25(22)33)35-27(34)21-12-10-20(19-32)11-13-21/h5-6,8-9,14-15,17-21,33H,2-4,7,10-13,16H2,1H3/b29-18+/t20-,21-. The normalized spacial score (nSPS) is 17.9. The summed E-state index contributed by atoms with van der Waals surface area (Å²) < 4.78 is 6.72. The van der Waals surface area contributed by atoms with Gasteiger partial charge in [0.25, 0.3) is 0 Å². The van der Waals surface area contributed by atoms with Crippen LogP contribution in [0.4, 0.5) is 5.13 Å². The average Bonchev–Trinajstić information content (AvgIpc) is 3.34. The number of carbonyl (C=O) groups excluding carboxylic acids is 2. The molecular weight excluding hydrogens is 474 g/mol. The maximum Gasteiger partial charge on any atom is 0.314 e. The molecule has 4 rings (SSSR count). The number of benzene rings is 2. The predicted octanol–water partition coefficient (Wildman–Crippen LogP) is 6.33. The van der Waals surface area contributed by atoms with E-state index in [9.17, 15) is 14.7 Å². The number of hydrazone groups is 1. The number of carbonyl (C=O) groups is 2. The molecule has 7 nitrogen and oxygen atoms in total. The van der Waals surface area contributed by atoms with Crippen LogP contribution in [-0.2, 0) is 9.59 Å². The van der Waals surface area contributed by atoms with Gasteiger partial charge in [0.1, 0.15) is 17.8 Å². The first-order valence-corrected chi connectivity index (χ1v) is 13.6. The topological polar surface area (TPSA) is 92.1 Å². The lowest BCUT2D eigenvalue weighted by molar-refractivity contribution is -0.140. The number of unbranched alkanes of at least 4 members (excludes halogenated alkanes) is 3. The fraction of sp³-hybridized carbons (Fsp3) is 0.429. The van der Waals surface area contributed by atoms with Crippen LogP contribution in [0.25, 0.3) is 10.2 Å². The molecule has 0 atom stereocenters. The van der Waals surface area contributed by atoms with Gasteiger partial charge in [-0.1, -0.05) is 49.7 Å². The molecule has 0 radical (unpaired) electrons. The van der Waals surface area contributed by atoms with E-state index in [2.05, 4.69) is 12.0 Å². The third kappa shape index (κ3) is 6.69. The number of nitrogens with zero attached hydrogens (tertiary/aromatic N) is 3. The molecule has 190 valence electrons. The number of aldehydes is 1. The molecule has 1 N–H and O–H groups in total. The summed E-state index contributed by atoms with van der Waals surface area (Å²) in [6, 6.07) is 12.7. The monoisotopic (exact) mass is 507 g/mol. The number of rotatable bonds is 11. The zero-order chi connectivity index (χ0) is 25.3. The number of ether oxygens (including phenoxy) is 1. The molecule has 1 heterocycles. The van der Waals surface area contributed by atoms with Crippen LogP contribution >= 0.6 is 11.3 Å². The number of esters is 1. The second kappa shape index (κ2) is 12.6. The van der Waals surface area contributed by atoms with E-state index >= 15 is 0 Å². The number of phenols is 1. The Morgan fingerprint density at radius 1 is 1.17 bits per heavy atom. The Labute approximate surface area is 215 Å². The van der Waals surface area contributed by atoms with Crippen molar-refractivity contribution in [2.75, 3.05) is 11.6 Å².